The van der Waals surface area contributed by atoms with Gasteiger partial charge in [0, 0.05) is 23.2 Å². The highest BCUT2D eigenvalue weighted by Crippen LogP contribution is 2.27. The van der Waals surface area contributed by atoms with Crippen LogP contribution in [0.3, 0.4) is 0 Å². The fourth-order valence-corrected chi connectivity index (χ4v) is 2.74. The highest BCUT2D eigenvalue weighted by atomic mass is 35.5. The van der Waals surface area contributed by atoms with Crippen LogP contribution in [-0.4, -0.2) is 24.6 Å². The third kappa shape index (κ3) is 1.86. The van der Waals surface area contributed by atoms with Crippen molar-refractivity contribution in [3.63, 3.8) is 0 Å². The molecule has 0 N–H and O–H groups in total. The number of aromatic nitrogens is 5. The van der Waals surface area contributed by atoms with Crippen molar-refractivity contribution < 1.29 is 0 Å². The summed E-state index contributed by atoms with van der Waals surface area (Å²) in [6.07, 6.45) is 1.78. The van der Waals surface area contributed by atoms with E-state index in [1.807, 2.05) is 41.7 Å². The lowest BCUT2D eigenvalue weighted by Crippen LogP contribution is -1.98. The van der Waals surface area contributed by atoms with Crippen molar-refractivity contribution in [2.75, 3.05) is 0 Å². The lowest BCUT2D eigenvalue weighted by atomic mass is 10.1. The number of aryl methyl sites for hydroxylation is 1. The minimum absolute atomic E-state index is 0.415. The minimum Gasteiger partial charge on any atom is -0.263 e. The molecule has 0 fully saturated rings. The van der Waals surface area contributed by atoms with Crippen molar-refractivity contribution in [3.8, 4) is 11.4 Å². The second-order valence-corrected chi connectivity index (χ2v) is 5.11. The van der Waals surface area contributed by atoms with Gasteiger partial charge in [-0.05, 0) is 19.1 Å². The van der Waals surface area contributed by atoms with Crippen LogP contribution in [0.15, 0.2) is 42.6 Å². The number of hydrogen-bond acceptors (Lipinski definition) is 4. The van der Waals surface area contributed by atoms with Gasteiger partial charge < -0.3 is 0 Å². The zero-order valence-electron chi connectivity index (χ0n) is 11.2. The van der Waals surface area contributed by atoms with Crippen molar-refractivity contribution >= 4 is 28.2 Å². The molecule has 0 atom stereocenters. The zero-order chi connectivity index (χ0) is 14.4. The van der Waals surface area contributed by atoms with Crippen molar-refractivity contribution in [1.29, 1.82) is 0 Å². The Labute approximate surface area is 125 Å². The van der Waals surface area contributed by atoms with Crippen molar-refractivity contribution in [2.45, 2.75) is 6.92 Å². The number of para-hydroxylation sites is 1. The van der Waals surface area contributed by atoms with Crippen LogP contribution in [0, 0.1) is 6.92 Å². The first kappa shape index (κ1) is 12.2. The molecule has 3 aromatic heterocycles. The first-order chi connectivity index (χ1) is 10.2. The maximum absolute atomic E-state index is 5.97. The molecule has 0 unspecified atom stereocenters. The van der Waals surface area contributed by atoms with Crippen LogP contribution in [0.1, 0.15) is 5.82 Å². The van der Waals surface area contributed by atoms with E-state index in [2.05, 4.69) is 20.2 Å². The standard InChI is InChI=1S/C15H10ClN5/c1-9-18-13(16)8-14-19-20-15(21(9)14)11-6-7-17-12-5-3-2-4-10(11)12/h2-8H,1H3. The van der Waals surface area contributed by atoms with Gasteiger partial charge in [0.05, 0.1) is 5.52 Å². The summed E-state index contributed by atoms with van der Waals surface area (Å²) < 4.78 is 1.90. The summed E-state index contributed by atoms with van der Waals surface area (Å²) >= 11 is 5.97. The van der Waals surface area contributed by atoms with Gasteiger partial charge in [0.15, 0.2) is 11.5 Å². The molecule has 5 nitrogen and oxygen atoms in total. The number of pyridine rings is 1. The van der Waals surface area contributed by atoms with Crippen LogP contribution in [-0.2, 0) is 0 Å². The predicted molar refractivity (Wildman–Crippen MR) is 81.3 cm³/mol. The van der Waals surface area contributed by atoms with Crippen LogP contribution in [0.25, 0.3) is 27.9 Å². The summed E-state index contributed by atoms with van der Waals surface area (Å²) in [5.41, 5.74) is 2.58. The molecule has 4 rings (SSSR count). The summed E-state index contributed by atoms with van der Waals surface area (Å²) in [5, 5.41) is 9.94. The molecule has 0 amide bonds. The molecule has 0 aliphatic heterocycles. The maximum Gasteiger partial charge on any atom is 0.170 e. The summed E-state index contributed by atoms with van der Waals surface area (Å²) in [6, 6.07) is 11.6. The largest absolute Gasteiger partial charge is 0.263 e. The summed E-state index contributed by atoms with van der Waals surface area (Å²) in [5.74, 6) is 1.49. The van der Waals surface area contributed by atoms with Crippen LogP contribution in [0.2, 0.25) is 5.15 Å². The normalized spacial score (nSPS) is 11.3. The van der Waals surface area contributed by atoms with E-state index < -0.39 is 0 Å². The van der Waals surface area contributed by atoms with Gasteiger partial charge in [-0.1, -0.05) is 29.8 Å². The highest BCUT2D eigenvalue weighted by Gasteiger charge is 2.14. The lowest BCUT2D eigenvalue weighted by Gasteiger charge is -2.06. The number of hydrogen-bond donors (Lipinski definition) is 0. The van der Waals surface area contributed by atoms with Gasteiger partial charge in [0.1, 0.15) is 11.0 Å². The third-order valence-electron chi connectivity index (χ3n) is 3.42. The monoisotopic (exact) mass is 295 g/mol. The van der Waals surface area contributed by atoms with Gasteiger partial charge in [0.2, 0.25) is 0 Å². The predicted octanol–water partition coefficient (Wildman–Crippen LogP) is 3.30. The maximum atomic E-state index is 5.97. The van der Waals surface area contributed by atoms with E-state index in [4.69, 9.17) is 11.6 Å². The van der Waals surface area contributed by atoms with E-state index in [1.54, 1.807) is 12.3 Å². The Hall–Kier alpha value is -2.53. The molecule has 3 heterocycles. The number of nitrogens with zero attached hydrogens (tertiary/aromatic N) is 5. The fourth-order valence-electron chi connectivity index (χ4n) is 2.52. The molecule has 21 heavy (non-hydrogen) atoms. The smallest absolute Gasteiger partial charge is 0.170 e. The molecule has 102 valence electrons. The molecule has 0 saturated heterocycles. The quantitative estimate of drug-likeness (QED) is 0.506. The van der Waals surface area contributed by atoms with E-state index in [-0.39, 0.29) is 0 Å². The van der Waals surface area contributed by atoms with Gasteiger partial charge in [-0.3, -0.25) is 9.38 Å². The van der Waals surface area contributed by atoms with Crippen LogP contribution >= 0.6 is 11.6 Å². The molecule has 0 aliphatic carbocycles. The number of benzene rings is 1. The number of rotatable bonds is 1. The first-order valence-electron chi connectivity index (χ1n) is 6.46. The second kappa shape index (κ2) is 4.49. The highest BCUT2D eigenvalue weighted by molar-refractivity contribution is 6.29. The lowest BCUT2D eigenvalue weighted by molar-refractivity contribution is 0.989. The van der Waals surface area contributed by atoms with Crippen molar-refractivity contribution in [2.24, 2.45) is 0 Å². The molecule has 6 heteroatoms. The first-order valence-corrected chi connectivity index (χ1v) is 6.84. The minimum atomic E-state index is 0.415. The zero-order valence-corrected chi connectivity index (χ0v) is 11.9. The van der Waals surface area contributed by atoms with Crippen LogP contribution in [0.5, 0.6) is 0 Å². The molecule has 0 aliphatic rings. The molecular weight excluding hydrogens is 286 g/mol. The van der Waals surface area contributed by atoms with Gasteiger partial charge in [0.25, 0.3) is 0 Å². The molecule has 4 aromatic rings. The van der Waals surface area contributed by atoms with E-state index in [0.29, 0.717) is 10.8 Å². The summed E-state index contributed by atoms with van der Waals surface area (Å²) in [6.45, 7) is 1.88. The Bertz CT molecular complexity index is 971. The molecule has 0 spiro atoms. The number of halogens is 1. The number of fused-ring (bicyclic) bond motifs is 2. The third-order valence-corrected chi connectivity index (χ3v) is 3.61. The average Bonchev–Trinajstić information content (AvgIpc) is 2.90. The molecule has 0 bridgehead atoms. The Morgan fingerprint density at radius 1 is 1.10 bits per heavy atom. The van der Waals surface area contributed by atoms with E-state index >= 15 is 0 Å². The van der Waals surface area contributed by atoms with Crippen LogP contribution < -0.4 is 0 Å². The van der Waals surface area contributed by atoms with E-state index in [9.17, 15) is 0 Å². The summed E-state index contributed by atoms with van der Waals surface area (Å²) in [4.78, 5) is 8.65. The van der Waals surface area contributed by atoms with Gasteiger partial charge in [-0.15, -0.1) is 10.2 Å². The Morgan fingerprint density at radius 2 is 1.95 bits per heavy atom. The van der Waals surface area contributed by atoms with Crippen molar-refractivity contribution in [1.82, 2.24) is 24.6 Å². The summed E-state index contributed by atoms with van der Waals surface area (Å²) in [7, 11) is 0. The van der Waals surface area contributed by atoms with Crippen molar-refractivity contribution in [3.05, 3.63) is 53.6 Å². The molecule has 0 radical (unpaired) electrons. The topological polar surface area (TPSA) is 56.0 Å². The van der Waals surface area contributed by atoms with Gasteiger partial charge in [-0.25, -0.2) is 4.98 Å². The average molecular weight is 296 g/mol. The fraction of sp³-hybridized carbons (Fsp3) is 0.0667. The van der Waals surface area contributed by atoms with Gasteiger partial charge in [-0.2, -0.15) is 0 Å². The Balaban J connectivity index is 2.10. The molecule has 0 saturated carbocycles. The molecular formula is C15H10ClN5. The van der Waals surface area contributed by atoms with Gasteiger partial charge >= 0.3 is 0 Å². The molecule has 1 aromatic carbocycles. The van der Waals surface area contributed by atoms with E-state index in [0.717, 1.165) is 28.1 Å². The van der Waals surface area contributed by atoms with E-state index in [1.165, 1.54) is 0 Å². The SMILES string of the molecule is Cc1nc(Cl)cc2nnc(-c3ccnc4ccccc34)n12. The Kier molecular flexibility index (Phi) is 2.62. The second-order valence-electron chi connectivity index (χ2n) is 4.72. The van der Waals surface area contributed by atoms with Crippen LogP contribution in [0.4, 0.5) is 0 Å². The Morgan fingerprint density at radius 3 is 2.86 bits per heavy atom.